The highest BCUT2D eigenvalue weighted by atomic mass is 35.5. The first kappa shape index (κ1) is 11.6. The molecule has 1 aromatic heterocycles. The van der Waals surface area contributed by atoms with Gasteiger partial charge in [0, 0.05) is 0 Å². The molecule has 0 saturated carbocycles. The Balaban J connectivity index is 3.34. The van der Waals surface area contributed by atoms with Crippen molar-refractivity contribution >= 4 is 40.0 Å². The Morgan fingerprint density at radius 2 is 1.93 bits per heavy atom. The van der Waals surface area contributed by atoms with E-state index in [0.29, 0.717) is 0 Å². The summed E-state index contributed by atoms with van der Waals surface area (Å²) in [6, 6.07) is 0.831. The molecule has 7 heteroatoms. The van der Waals surface area contributed by atoms with Crippen LogP contribution in [0.4, 0.5) is 8.78 Å². The molecule has 0 fully saturated rings. The molecule has 0 radical (unpaired) electrons. The lowest BCUT2D eigenvalue weighted by molar-refractivity contribution is 0.108. The van der Waals surface area contributed by atoms with Gasteiger partial charge in [0.05, 0.1) is 11.1 Å². The van der Waals surface area contributed by atoms with E-state index in [1.165, 1.54) is 0 Å². The van der Waals surface area contributed by atoms with Gasteiger partial charge < -0.3 is 0 Å². The molecule has 1 rings (SSSR count). The normalized spacial score (nSPS) is 10.7. The van der Waals surface area contributed by atoms with Crippen molar-refractivity contribution in [3.8, 4) is 0 Å². The fraction of sp³-hybridized carbons (Fsp3) is 0.143. The Morgan fingerprint density at radius 3 is 2.36 bits per heavy atom. The van der Waals surface area contributed by atoms with Gasteiger partial charge in [0.1, 0.15) is 10.3 Å². The number of pyridine rings is 1. The van der Waals surface area contributed by atoms with E-state index in [4.69, 9.17) is 34.8 Å². The fourth-order valence-corrected chi connectivity index (χ4v) is 1.46. The third-order valence-corrected chi connectivity index (χ3v) is 2.20. The number of alkyl halides is 2. The van der Waals surface area contributed by atoms with Crippen LogP contribution in [0, 0.1) is 0 Å². The molecule has 0 aliphatic carbocycles. The summed E-state index contributed by atoms with van der Waals surface area (Å²) in [4.78, 5) is 14.1. The van der Waals surface area contributed by atoms with Crippen molar-refractivity contribution in [3.63, 3.8) is 0 Å². The highest BCUT2D eigenvalue weighted by molar-refractivity contribution is 6.68. The van der Waals surface area contributed by atoms with E-state index < -0.39 is 22.4 Å². The number of hydrogen-bond donors (Lipinski definition) is 0. The third kappa shape index (κ3) is 2.32. The molecule has 0 N–H and O–H groups in total. The predicted octanol–water partition coefficient (Wildman–Crippen LogP) is 3.71. The maximum Gasteiger partial charge on any atom is 0.266 e. The molecule has 14 heavy (non-hydrogen) atoms. The van der Waals surface area contributed by atoms with Crippen LogP contribution in [0.25, 0.3) is 0 Å². The molecule has 0 aliphatic heterocycles. The standard InChI is InChI=1S/C7H2Cl3F2NO/c8-4-2(6(10)14)1-3(7(11)12)5(9)13-4/h1,7H. The summed E-state index contributed by atoms with van der Waals surface area (Å²) in [5, 5.41) is -1.69. The molecule has 0 aromatic carbocycles. The monoisotopic (exact) mass is 259 g/mol. The lowest BCUT2D eigenvalue weighted by atomic mass is 10.2. The zero-order chi connectivity index (χ0) is 10.9. The Kier molecular flexibility index (Phi) is 3.64. The van der Waals surface area contributed by atoms with Crippen LogP contribution in [0.5, 0.6) is 0 Å². The molecule has 0 saturated heterocycles. The zero-order valence-electron chi connectivity index (χ0n) is 6.40. The molecule has 0 bridgehead atoms. The van der Waals surface area contributed by atoms with Gasteiger partial charge in [-0.15, -0.1) is 0 Å². The number of aromatic nitrogens is 1. The summed E-state index contributed by atoms with van der Waals surface area (Å²) in [6.45, 7) is 0. The van der Waals surface area contributed by atoms with Crippen molar-refractivity contribution in [2.45, 2.75) is 6.43 Å². The first-order valence-electron chi connectivity index (χ1n) is 3.27. The summed E-state index contributed by atoms with van der Waals surface area (Å²) in [5.41, 5.74) is -0.854. The van der Waals surface area contributed by atoms with Crippen molar-refractivity contribution in [2.24, 2.45) is 0 Å². The highest BCUT2D eigenvalue weighted by Gasteiger charge is 2.19. The molecular weight excluding hydrogens is 258 g/mol. The van der Waals surface area contributed by atoms with Crippen molar-refractivity contribution in [3.05, 3.63) is 27.5 Å². The summed E-state index contributed by atoms with van der Waals surface area (Å²) in [5.74, 6) is 0. The second-order valence-electron chi connectivity index (χ2n) is 2.28. The molecule has 0 unspecified atom stereocenters. The third-order valence-electron chi connectivity index (χ3n) is 1.40. The summed E-state index contributed by atoms with van der Waals surface area (Å²) >= 11 is 15.9. The van der Waals surface area contributed by atoms with Gasteiger partial charge >= 0.3 is 0 Å². The topological polar surface area (TPSA) is 30.0 Å². The van der Waals surface area contributed by atoms with Gasteiger partial charge in [-0.3, -0.25) is 4.79 Å². The van der Waals surface area contributed by atoms with Crippen LogP contribution in [0.2, 0.25) is 10.3 Å². The maximum absolute atomic E-state index is 12.3. The lowest BCUT2D eigenvalue weighted by Gasteiger charge is -2.04. The second kappa shape index (κ2) is 4.38. The van der Waals surface area contributed by atoms with E-state index in [2.05, 4.69) is 4.98 Å². The molecule has 0 atom stereocenters. The molecule has 2 nitrogen and oxygen atoms in total. The number of carbonyl (C=O) groups is 1. The number of hydrogen-bond acceptors (Lipinski definition) is 2. The van der Waals surface area contributed by atoms with Crippen molar-refractivity contribution in [2.75, 3.05) is 0 Å². The maximum atomic E-state index is 12.3. The van der Waals surface area contributed by atoms with Crippen LogP contribution >= 0.6 is 34.8 Å². The van der Waals surface area contributed by atoms with E-state index in [1.54, 1.807) is 0 Å². The largest absolute Gasteiger partial charge is 0.275 e. The molecule has 1 aromatic rings. The van der Waals surface area contributed by atoms with E-state index >= 15 is 0 Å². The van der Waals surface area contributed by atoms with Crippen LogP contribution < -0.4 is 0 Å². The van der Waals surface area contributed by atoms with Crippen molar-refractivity contribution < 1.29 is 13.6 Å². The Bertz CT molecular complexity index is 383. The first-order valence-corrected chi connectivity index (χ1v) is 4.40. The van der Waals surface area contributed by atoms with E-state index in [0.717, 1.165) is 6.07 Å². The Labute approximate surface area is 92.8 Å². The molecule has 1 heterocycles. The number of nitrogens with zero attached hydrogens (tertiary/aromatic N) is 1. The van der Waals surface area contributed by atoms with Gasteiger partial charge in [0.25, 0.3) is 11.7 Å². The quantitative estimate of drug-likeness (QED) is 0.599. The fourth-order valence-electron chi connectivity index (χ4n) is 0.776. The molecule has 0 amide bonds. The van der Waals surface area contributed by atoms with Gasteiger partial charge in [0.15, 0.2) is 0 Å². The summed E-state index contributed by atoms with van der Waals surface area (Å²) in [6.07, 6.45) is -2.83. The van der Waals surface area contributed by atoms with Crippen molar-refractivity contribution in [1.82, 2.24) is 4.98 Å². The smallest absolute Gasteiger partial charge is 0.266 e. The second-order valence-corrected chi connectivity index (χ2v) is 3.34. The molecule has 0 aliphatic rings. The van der Waals surface area contributed by atoms with Crippen LogP contribution in [0.3, 0.4) is 0 Å². The summed E-state index contributed by atoms with van der Waals surface area (Å²) in [7, 11) is 0. The average molecular weight is 260 g/mol. The Morgan fingerprint density at radius 1 is 1.36 bits per heavy atom. The highest BCUT2D eigenvalue weighted by Crippen LogP contribution is 2.29. The van der Waals surface area contributed by atoms with Crippen LogP contribution in [-0.2, 0) is 0 Å². The van der Waals surface area contributed by atoms with E-state index in [9.17, 15) is 13.6 Å². The predicted molar refractivity (Wildman–Crippen MR) is 49.4 cm³/mol. The summed E-state index contributed by atoms with van der Waals surface area (Å²) < 4.78 is 24.6. The molecular formula is C7H2Cl3F2NO. The van der Waals surface area contributed by atoms with Gasteiger partial charge in [-0.05, 0) is 17.7 Å². The number of rotatable bonds is 2. The SMILES string of the molecule is O=C(Cl)c1cc(C(F)F)c(Cl)nc1Cl. The van der Waals surface area contributed by atoms with Crippen LogP contribution in [-0.4, -0.2) is 10.2 Å². The van der Waals surface area contributed by atoms with Crippen molar-refractivity contribution in [1.29, 1.82) is 0 Å². The van der Waals surface area contributed by atoms with Gasteiger partial charge in [0.2, 0.25) is 0 Å². The van der Waals surface area contributed by atoms with Gasteiger partial charge in [-0.25, -0.2) is 13.8 Å². The average Bonchev–Trinajstić information content (AvgIpc) is 2.02. The van der Waals surface area contributed by atoms with Crippen LogP contribution in [0.1, 0.15) is 22.3 Å². The zero-order valence-corrected chi connectivity index (χ0v) is 8.67. The molecule has 76 valence electrons. The lowest BCUT2D eigenvalue weighted by Crippen LogP contribution is -1.98. The minimum Gasteiger partial charge on any atom is -0.275 e. The Hall–Kier alpha value is -0.450. The number of halogens is 5. The minimum atomic E-state index is -2.83. The van der Waals surface area contributed by atoms with E-state index in [1.807, 2.05) is 0 Å². The van der Waals surface area contributed by atoms with Gasteiger partial charge in [-0.1, -0.05) is 23.2 Å². The van der Waals surface area contributed by atoms with Gasteiger partial charge in [-0.2, -0.15) is 0 Å². The van der Waals surface area contributed by atoms with Crippen LogP contribution in [0.15, 0.2) is 6.07 Å². The van der Waals surface area contributed by atoms with E-state index in [-0.39, 0.29) is 10.7 Å². The number of carbonyl (C=O) groups excluding carboxylic acids is 1. The first-order chi connectivity index (χ1) is 6.43. The molecule has 0 spiro atoms. The minimum absolute atomic E-state index is 0.284.